The Morgan fingerprint density at radius 2 is 2.13 bits per heavy atom. The van der Waals surface area contributed by atoms with E-state index in [1.54, 1.807) is 0 Å². The lowest BCUT2D eigenvalue weighted by Crippen LogP contribution is -2.46. The Hall–Kier alpha value is -1.76. The molecular weight excluding hydrogens is 311 g/mol. The molecule has 7 heteroatoms. The van der Waals surface area contributed by atoms with E-state index in [2.05, 4.69) is 5.32 Å². The van der Waals surface area contributed by atoms with Gasteiger partial charge < -0.3 is 14.8 Å². The van der Waals surface area contributed by atoms with Crippen molar-refractivity contribution in [2.24, 2.45) is 0 Å². The monoisotopic (exact) mass is 331 g/mol. The van der Waals surface area contributed by atoms with Gasteiger partial charge in [0.25, 0.3) is 5.91 Å². The number of carbonyl (C=O) groups excluding carboxylic acids is 1. The van der Waals surface area contributed by atoms with E-state index >= 15 is 0 Å². The number of rotatable bonds is 5. The summed E-state index contributed by atoms with van der Waals surface area (Å²) in [7, 11) is 0. The molecule has 0 radical (unpaired) electrons. The molecule has 2 rings (SSSR count). The highest BCUT2D eigenvalue weighted by molar-refractivity contribution is 5.81. The van der Waals surface area contributed by atoms with Crippen molar-refractivity contribution >= 4 is 5.91 Å². The number of halogens is 3. The van der Waals surface area contributed by atoms with Crippen molar-refractivity contribution in [3.05, 3.63) is 29.8 Å². The van der Waals surface area contributed by atoms with E-state index in [0.717, 1.165) is 25.0 Å². The zero-order valence-corrected chi connectivity index (χ0v) is 13.0. The minimum atomic E-state index is -4.45. The summed E-state index contributed by atoms with van der Waals surface area (Å²) < 4.78 is 48.8. The van der Waals surface area contributed by atoms with Gasteiger partial charge in [-0.15, -0.1) is 0 Å². The Balaban J connectivity index is 1.93. The Morgan fingerprint density at radius 1 is 1.39 bits per heavy atom. The molecule has 4 nitrogen and oxygen atoms in total. The summed E-state index contributed by atoms with van der Waals surface area (Å²) >= 11 is 0. The fourth-order valence-corrected chi connectivity index (χ4v) is 2.43. The lowest BCUT2D eigenvalue weighted by Gasteiger charge is -2.22. The molecule has 1 aliphatic rings. The maximum Gasteiger partial charge on any atom is 0.416 e. The lowest BCUT2D eigenvalue weighted by atomic mass is 10.1. The number of alkyl halides is 3. The molecule has 23 heavy (non-hydrogen) atoms. The van der Waals surface area contributed by atoms with E-state index < -0.39 is 17.8 Å². The van der Waals surface area contributed by atoms with Crippen LogP contribution in [0.3, 0.4) is 0 Å². The molecule has 1 aromatic carbocycles. The second-order valence-corrected chi connectivity index (χ2v) is 5.63. The van der Waals surface area contributed by atoms with Crippen LogP contribution in [0.15, 0.2) is 24.3 Å². The van der Waals surface area contributed by atoms with Crippen molar-refractivity contribution in [3.63, 3.8) is 0 Å². The topological polar surface area (TPSA) is 47.6 Å². The number of nitrogens with one attached hydrogen (secondary N) is 1. The smallest absolute Gasteiger partial charge is 0.416 e. The highest BCUT2D eigenvalue weighted by atomic mass is 19.4. The van der Waals surface area contributed by atoms with E-state index in [4.69, 9.17) is 9.47 Å². The molecule has 1 heterocycles. The summed E-state index contributed by atoms with van der Waals surface area (Å²) in [5.74, 6) is -0.377. The molecule has 0 aliphatic carbocycles. The summed E-state index contributed by atoms with van der Waals surface area (Å²) in [6.07, 6.45) is -3.54. The molecule has 0 aromatic heterocycles. The van der Waals surface area contributed by atoms with Crippen molar-refractivity contribution < 1.29 is 27.4 Å². The highest BCUT2D eigenvalue weighted by Crippen LogP contribution is 2.31. The van der Waals surface area contributed by atoms with Gasteiger partial charge in [-0.3, -0.25) is 4.79 Å². The van der Waals surface area contributed by atoms with Gasteiger partial charge in [-0.05, 0) is 44.9 Å². The standard InChI is InChI=1S/C16H20F3NO3/c1-10(14-7-4-8-22-14)20-15(21)11(2)23-13-6-3-5-12(9-13)16(17,18)19/h3,5-6,9-11,14H,4,7-8H2,1-2H3,(H,20,21)/t10-,11-,14-/m0/s1. The number of ether oxygens (including phenoxy) is 2. The van der Waals surface area contributed by atoms with Crippen molar-refractivity contribution in [2.75, 3.05) is 6.61 Å². The second-order valence-electron chi connectivity index (χ2n) is 5.63. The van der Waals surface area contributed by atoms with Crippen LogP contribution in [-0.4, -0.2) is 30.8 Å². The van der Waals surface area contributed by atoms with Gasteiger partial charge in [-0.2, -0.15) is 13.2 Å². The van der Waals surface area contributed by atoms with E-state index in [0.29, 0.717) is 6.61 Å². The normalized spacial score (nSPS) is 20.8. The van der Waals surface area contributed by atoms with Crippen LogP contribution in [0.2, 0.25) is 0 Å². The van der Waals surface area contributed by atoms with Crippen LogP contribution in [0.4, 0.5) is 13.2 Å². The van der Waals surface area contributed by atoms with Crippen LogP contribution in [0.25, 0.3) is 0 Å². The van der Waals surface area contributed by atoms with Gasteiger partial charge in [-0.25, -0.2) is 0 Å². The molecule has 1 N–H and O–H groups in total. The average molecular weight is 331 g/mol. The molecule has 3 atom stereocenters. The van der Waals surface area contributed by atoms with Crippen LogP contribution in [0.1, 0.15) is 32.3 Å². The Morgan fingerprint density at radius 3 is 2.74 bits per heavy atom. The third-order valence-corrected chi connectivity index (χ3v) is 3.74. The van der Waals surface area contributed by atoms with Crippen molar-refractivity contribution in [1.29, 1.82) is 0 Å². The highest BCUT2D eigenvalue weighted by Gasteiger charge is 2.31. The first-order chi connectivity index (χ1) is 10.8. The predicted molar refractivity (Wildman–Crippen MR) is 78.1 cm³/mol. The summed E-state index contributed by atoms with van der Waals surface area (Å²) in [5.41, 5.74) is -0.810. The molecule has 1 saturated heterocycles. The van der Waals surface area contributed by atoms with Crippen LogP contribution in [-0.2, 0) is 15.7 Å². The number of carbonyl (C=O) groups is 1. The largest absolute Gasteiger partial charge is 0.481 e. The Labute approximate surface area is 133 Å². The number of hydrogen-bond donors (Lipinski definition) is 1. The summed E-state index contributed by atoms with van der Waals surface area (Å²) in [6, 6.07) is 4.31. The van der Waals surface area contributed by atoms with E-state index in [1.165, 1.54) is 19.1 Å². The first-order valence-electron chi connectivity index (χ1n) is 7.53. The van der Waals surface area contributed by atoms with E-state index in [9.17, 15) is 18.0 Å². The van der Waals surface area contributed by atoms with E-state index in [1.807, 2.05) is 6.92 Å². The number of hydrogen-bond acceptors (Lipinski definition) is 3. The minimum Gasteiger partial charge on any atom is -0.481 e. The lowest BCUT2D eigenvalue weighted by molar-refractivity contribution is -0.137. The van der Waals surface area contributed by atoms with Gasteiger partial charge in [0.1, 0.15) is 5.75 Å². The van der Waals surface area contributed by atoms with Crippen molar-refractivity contribution in [3.8, 4) is 5.75 Å². The van der Waals surface area contributed by atoms with Crippen LogP contribution < -0.4 is 10.1 Å². The molecule has 1 amide bonds. The molecular formula is C16H20F3NO3. The van der Waals surface area contributed by atoms with E-state index in [-0.39, 0.29) is 23.8 Å². The fourth-order valence-electron chi connectivity index (χ4n) is 2.43. The summed E-state index contributed by atoms with van der Waals surface area (Å²) in [4.78, 5) is 12.1. The molecule has 0 spiro atoms. The third kappa shape index (κ3) is 4.86. The van der Waals surface area contributed by atoms with Gasteiger partial charge in [-0.1, -0.05) is 6.07 Å². The maximum atomic E-state index is 12.7. The van der Waals surface area contributed by atoms with Gasteiger partial charge in [0, 0.05) is 6.61 Å². The molecule has 1 fully saturated rings. The van der Waals surface area contributed by atoms with Crippen LogP contribution in [0.5, 0.6) is 5.75 Å². The third-order valence-electron chi connectivity index (χ3n) is 3.74. The molecule has 0 bridgehead atoms. The fraction of sp³-hybridized carbons (Fsp3) is 0.562. The van der Waals surface area contributed by atoms with Gasteiger partial charge in [0.15, 0.2) is 6.10 Å². The summed E-state index contributed by atoms with van der Waals surface area (Å²) in [5, 5.41) is 2.78. The minimum absolute atomic E-state index is 0.00671. The molecule has 1 aromatic rings. The van der Waals surface area contributed by atoms with Crippen LogP contribution in [0, 0.1) is 0 Å². The molecule has 0 unspecified atom stereocenters. The van der Waals surface area contributed by atoms with Crippen LogP contribution >= 0.6 is 0 Å². The zero-order chi connectivity index (χ0) is 17.0. The quantitative estimate of drug-likeness (QED) is 0.902. The SMILES string of the molecule is C[C@H](Oc1cccc(C(F)(F)F)c1)C(=O)N[C@@H](C)[C@@H]1CCCO1. The van der Waals surface area contributed by atoms with Gasteiger partial charge >= 0.3 is 6.18 Å². The van der Waals surface area contributed by atoms with Gasteiger partial charge in [0.05, 0.1) is 17.7 Å². The predicted octanol–water partition coefficient (Wildman–Crippen LogP) is 3.16. The molecule has 128 valence electrons. The molecule has 0 saturated carbocycles. The first-order valence-corrected chi connectivity index (χ1v) is 7.53. The maximum absolute atomic E-state index is 12.7. The van der Waals surface area contributed by atoms with Crippen molar-refractivity contribution in [2.45, 2.75) is 51.1 Å². The number of benzene rings is 1. The number of amides is 1. The summed E-state index contributed by atoms with van der Waals surface area (Å²) in [6.45, 7) is 4.02. The first kappa shape index (κ1) is 17.6. The zero-order valence-electron chi connectivity index (χ0n) is 13.0. The molecule has 1 aliphatic heterocycles. The second kappa shape index (κ2) is 7.21. The Kier molecular flexibility index (Phi) is 5.51. The van der Waals surface area contributed by atoms with Gasteiger partial charge in [0.2, 0.25) is 0 Å². The average Bonchev–Trinajstić information content (AvgIpc) is 3.00. The Bertz CT molecular complexity index is 542. The van der Waals surface area contributed by atoms with Crippen molar-refractivity contribution in [1.82, 2.24) is 5.32 Å².